The van der Waals surface area contributed by atoms with Crippen molar-refractivity contribution in [3.63, 3.8) is 0 Å². The van der Waals surface area contributed by atoms with E-state index < -0.39 is 5.97 Å². The lowest BCUT2D eigenvalue weighted by Crippen LogP contribution is -2.06. The number of hydrogen-bond donors (Lipinski definition) is 1. The summed E-state index contributed by atoms with van der Waals surface area (Å²) in [7, 11) is 0. The highest BCUT2D eigenvalue weighted by Gasteiger charge is 2.17. The van der Waals surface area contributed by atoms with Crippen LogP contribution in [0.2, 0.25) is 0 Å². The maximum absolute atomic E-state index is 13.0. The number of H-pyrrole nitrogens is 1. The Labute approximate surface area is 112 Å². The highest BCUT2D eigenvalue weighted by molar-refractivity contribution is 9.10. The van der Waals surface area contributed by atoms with Crippen LogP contribution in [-0.4, -0.2) is 17.6 Å². The van der Waals surface area contributed by atoms with E-state index in [1.165, 1.54) is 12.1 Å². The van der Waals surface area contributed by atoms with Crippen LogP contribution in [-0.2, 0) is 4.74 Å². The molecule has 1 heterocycles. The molecule has 0 aliphatic heterocycles. The second kappa shape index (κ2) is 5.35. The van der Waals surface area contributed by atoms with Crippen LogP contribution in [0.3, 0.4) is 0 Å². The molecular formula is C13H11BrFNO2. The third-order valence-corrected chi connectivity index (χ3v) is 3.10. The Morgan fingerprint density at radius 3 is 2.83 bits per heavy atom. The van der Waals surface area contributed by atoms with Crippen molar-refractivity contribution < 1.29 is 13.9 Å². The van der Waals surface area contributed by atoms with Gasteiger partial charge in [-0.2, -0.15) is 0 Å². The topological polar surface area (TPSA) is 42.1 Å². The molecule has 94 valence electrons. The number of carbonyl (C=O) groups is 1. The van der Waals surface area contributed by atoms with E-state index in [0.29, 0.717) is 22.3 Å². The standard InChI is InChI=1S/C13H11BrFNO2/c1-2-18-13(17)12-10(5-6-16-12)9-4-3-8(15)7-11(9)14/h3-7,16H,2H2,1H3. The molecule has 0 aliphatic rings. The van der Waals surface area contributed by atoms with Gasteiger partial charge in [-0.15, -0.1) is 0 Å². The van der Waals surface area contributed by atoms with Crippen LogP contribution in [0.1, 0.15) is 17.4 Å². The molecule has 3 nitrogen and oxygen atoms in total. The molecule has 0 bridgehead atoms. The Hall–Kier alpha value is -1.62. The zero-order valence-electron chi connectivity index (χ0n) is 9.67. The van der Waals surface area contributed by atoms with Crippen LogP contribution < -0.4 is 0 Å². The summed E-state index contributed by atoms with van der Waals surface area (Å²) in [5.41, 5.74) is 1.78. The highest BCUT2D eigenvalue weighted by atomic mass is 79.9. The fourth-order valence-corrected chi connectivity index (χ4v) is 2.24. The largest absolute Gasteiger partial charge is 0.461 e. The number of hydrogen-bond acceptors (Lipinski definition) is 2. The van der Waals surface area contributed by atoms with E-state index in [4.69, 9.17) is 4.74 Å². The highest BCUT2D eigenvalue weighted by Crippen LogP contribution is 2.31. The quantitative estimate of drug-likeness (QED) is 0.877. The summed E-state index contributed by atoms with van der Waals surface area (Å²) >= 11 is 3.28. The minimum Gasteiger partial charge on any atom is -0.461 e. The van der Waals surface area contributed by atoms with Gasteiger partial charge in [-0.1, -0.05) is 22.0 Å². The van der Waals surface area contributed by atoms with Crippen molar-refractivity contribution in [3.05, 3.63) is 46.4 Å². The van der Waals surface area contributed by atoms with E-state index in [-0.39, 0.29) is 5.82 Å². The van der Waals surface area contributed by atoms with Gasteiger partial charge in [0.1, 0.15) is 11.5 Å². The normalized spacial score (nSPS) is 10.4. The van der Waals surface area contributed by atoms with Crippen LogP contribution in [0.25, 0.3) is 11.1 Å². The molecule has 0 atom stereocenters. The van der Waals surface area contributed by atoms with Crippen molar-refractivity contribution >= 4 is 21.9 Å². The average molecular weight is 312 g/mol. The molecule has 0 spiro atoms. The summed E-state index contributed by atoms with van der Waals surface area (Å²) in [4.78, 5) is 14.6. The molecule has 2 rings (SSSR count). The summed E-state index contributed by atoms with van der Waals surface area (Å²) in [6.07, 6.45) is 1.65. The number of ether oxygens (including phenoxy) is 1. The van der Waals surface area contributed by atoms with Gasteiger partial charge in [0.25, 0.3) is 0 Å². The maximum Gasteiger partial charge on any atom is 0.355 e. The SMILES string of the molecule is CCOC(=O)c1[nH]ccc1-c1ccc(F)cc1Br. The summed E-state index contributed by atoms with van der Waals surface area (Å²) in [5, 5.41) is 0. The summed E-state index contributed by atoms with van der Waals surface area (Å²) < 4.78 is 18.6. The lowest BCUT2D eigenvalue weighted by molar-refractivity contribution is 0.0521. The number of nitrogens with one attached hydrogen (secondary N) is 1. The number of rotatable bonds is 3. The number of aromatic amines is 1. The number of aromatic nitrogens is 1. The molecular weight excluding hydrogens is 301 g/mol. The molecule has 0 unspecified atom stereocenters. The van der Waals surface area contributed by atoms with Crippen molar-refractivity contribution in [2.24, 2.45) is 0 Å². The second-order valence-electron chi connectivity index (χ2n) is 3.61. The maximum atomic E-state index is 13.0. The Morgan fingerprint density at radius 2 is 2.17 bits per heavy atom. The number of esters is 1. The molecule has 18 heavy (non-hydrogen) atoms. The minimum atomic E-state index is -0.422. The van der Waals surface area contributed by atoms with Gasteiger partial charge < -0.3 is 9.72 Å². The van der Waals surface area contributed by atoms with Crippen LogP contribution in [0.5, 0.6) is 0 Å². The Kier molecular flexibility index (Phi) is 3.81. The van der Waals surface area contributed by atoms with Gasteiger partial charge >= 0.3 is 5.97 Å². The lowest BCUT2D eigenvalue weighted by atomic mass is 10.1. The first-order valence-electron chi connectivity index (χ1n) is 5.43. The summed E-state index contributed by atoms with van der Waals surface area (Å²) in [6, 6.07) is 6.08. The molecule has 2 aromatic rings. The smallest absolute Gasteiger partial charge is 0.355 e. The minimum absolute atomic E-state index is 0.307. The molecule has 0 saturated heterocycles. The van der Waals surface area contributed by atoms with Crippen LogP contribution >= 0.6 is 15.9 Å². The molecule has 5 heteroatoms. The number of benzene rings is 1. The summed E-state index contributed by atoms with van der Waals surface area (Å²) in [5.74, 6) is -0.757. The van der Waals surface area contributed by atoms with Crippen LogP contribution in [0.15, 0.2) is 34.9 Å². The van der Waals surface area contributed by atoms with Crippen LogP contribution in [0.4, 0.5) is 4.39 Å². The molecule has 1 aromatic carbocycles. The molecule has 0 aliphatic carbocycles. The van der Waals surface area contributed by atoms with Gasteiger partial charge in [-0.25, -0.2) is 9.18 Å². The van der Waals surface area contributed by atoms with Gasteiger partial charge in [0.2, 0.25) is 0 Å². The van der Waals surface area contributed by atoms with Gasteiger partial charge in [0.05, 0.1) is 6.61 Å². The van der Waals surface area contributed by atoms with E-state index >= 15 is 0 Å². The number of carbonyl (C=O) groups excluding carboxylic acids is 1. The van der Waals surface area contributed by atoms with Crippen LogP contribution in [0, 0.1) is 5.82 Å². The summed E-state index contributed by atoms with van der Waals surface area (Å²) in [6.45, 7) is 2.05. The third kappa shape index (κ3) is 2.46. The van der Waals surface area contributed by atoms with E-state index in [1.54, 1.807) is 25.3 Å². The van der Waals surface area contributed by atoms with E-state index in [9.17, 15) is 9.18 Å². The first-order chi connectivity index (χ1) is 8.63. The Bertz CT molecular complexity index is 580. The molecule has 1 aromatic heterocycles. The zero-order valence-corrected chi connectivity index (χ0v) is 11.3. The van der Waals surface area contributed by atoms with Gasteiger partial charge in [0, 0.05) is 16.2 Å². The fourth-order valence-electron chi connectivity index (χ4n) is 1.67. The predicted molar refractivity (Wildman–Crippen MR) is 69.8 cm³/mol. The molecule has 0 saturated carbocycles. The second-order valence-corrected chi connectivity index (χ2v) is 4.47. The molecule has 0 amide bonds. The first-order valence-corrected chi connectivity index (χ1v) is 6.22. The van der Waals surface area contributed by atoms with Gasteiger partial charge in [-0.3, -0.25) is 0 Å². The zero-order chi connectivity index (χ0) is 13.1. The van der Waals surface area contributed by atoms with Crippen molar-refractivity contribution in [3.8, 4) is 11.1 Å². The van der Waals surface area contributed by atoms with Crippen molar-refractivity contribution in [1.82, 2.24) is 4.98 Å². The number of halogens is 2. The average Bonchev–Trinajstić information content (AvgIpc) is 2.78. The van der Waals surface area contributed by atoms with E-state index in [2.05, 4.69) is 20.9 Å². The van der Waals surface area contributed by atoms with E-state index in [1.807, 2.05) is 0 Å². The molecule has 0 radical (unpaired) electrons. The van der Waals surface area contributed by atoms with Crippen molar-refractivity contribution in [1.29, 1.82) is 0 Å². The Morgan fingerprint density at radius 1 is 1.39 bits per heavy atom. The fraction of sp³-hybridized carbons (Fsp3) is 0.154. The van der Waals surface area contributed by atoms with Crippen molar-refractivity contribution in [2.75, 3.05) is 6.61 Å². The van der Waals surface area contributed by atoms with Gasteiger partial charge in [-0.05, 0) is 30.7 Å². The monoisotopic (exact) mass is 311 g/mol. The van der Waals surface area contributed by atoms with Gasteiger partial charge in [0.15, 0.2) is 0 Å². The molecule has 1 N–H and O–H groups in total. The first kappa shape index (κ1) is 12.8. The Balaban J connectivity index is 2.45. The van der Waals surface area contributed by atoms with Crippen molar-refractivity contribution in [2.45, 2.75) is 6.92 Å². The molecule has 0 fully saturated rings. The third-order valence-electron chi connectivity index (χ3n) is 2.45. The van der Waals surface area contributed by atoms with E-state index in [0.717, 1.165) is 5.56 Å². The lowest BCUT2D eigenvalue weighted by Gasteiger charge is -2.06. The predicted octanol–water partition coefficient (Wildman–Crippen LogP) is 3.76.